The van der Waals surface area contributed by atoms with Crippen LogP contribution in [0.1, 0.15) is 31.7 Å². The highest BCUT2D eigenvalue weighted by Gasteiger charge is 2.36. The lowest BCUT2D eigenvalue weighted by Crippen LogP contribution is -2.48. The number of aromatic nitrogens is 1. The van der Waals surface area contributed by atoms with E-state index < -0.39 is 16.1 Å². The SMILES string of the molecule is Cc1noc(C)c1S(=O)(=O)NC(C)C(=O)N1CC(CN)CC1C.Cl. The number of hydrogen-bond donors (Lipinski definition) is 2. The first-order valence-corrected chi connectivity index (χ1v) is 9.11. The average Bonchev–Trinajstić information content (AvgIpc) is 3.00. The summed E-state index contributed by atoms with van der Waals surface area (Å²) in [7, 11) is -3.87. The van der Waals surface area contributed by atoms with E-state index in [4.69, 9.17) is 10.3 Å². The third-order valence-corrected chi connectivity index (χ3v) is 6.00. The molecular weight excluding hydrogens is 356 g/mol. The van der Waals surface area contributed by atoms with Crippen molar-refractivity contribution in [1.29, 1.82) is 0 Å². The summed E-state index contributed by atoms with van der Waals surface area (Å²) < 4.78 is 32.2. The summed E-state index contributed by atoms with van der Waals surface area (Å²) in [4.78, 5) is 14.2. The molecule has 1 aliphatic heterocycles. The van der Waals surface area contributed by atoms with Crippen LogP contribution >= 0.6 is 12.4 Å². The Bertz CT molecular complexity index is 671. The van der Waals surface area contributed by atoms with Gasteiger partial charge in [-0.05, 0) is 46.6 Å². The molecule has 10 heteroatoms. The number of nitrogens with one attached hydrogen (secondary N) is 1. The molecular formula is C14H25ClN4O4S. The van der Waals surface area contributed by atoms with Gasteiger partial charge in [-0.3, -0.25) is 4.79 Å². The minimum Gasteiger partial charge on any atom is -0.360 e. The fourth-order valence-electron chi connectivity index (χ4n) is 3.07. The summed E-state index contributed by atoms with van der Waals surface area (Å²) in [5, 5.41) is 3.64. The predicted molar refractivity (Wildman–Crippen MR) is 91.3 cm³/mol. The van der Waals surface area contributed by atoms with Crippen molar-refractivity contribution in [2.24, 2.45) is 11.7 Å². The van der Waals surface area contributed by atoms with Crippen LogP contribution < -0.4 is 10.5 Å². The van der Waals surface area contributed by atoms with E-state index in [1.54, 1.807) is 18.7 Å². The Labute approximate surface area is 148 Å². The Morgan fingerprint density at radius 3 is 2.58 bits per heavy atom. The van der Waals surface area contributed by atoms with Gasteiger partial charge in [-0.1, -0.05) is 5.16 Å². The third kappa shape index (κ3) is 4.08. The van der Waals surface area contributed by atoms with E-state index in [2.05, 4.69) is 9.88 Å². The van der Waals surface area contributed by atoms with Gasteiger partial charge < -0.3 is 15.2 Å². The molecule has 3 unspecified atom stereocenters. The smallest absolute Gasteiger partial charge is 0.246 e. The van der Waals surface area contributed by atoms with Gasteiger partial charge in [0.05, 0.1) is 6.04 Å². The molecule has 0 saturated carbocycles. The molecule has 0 aromatic carbocycles. The number of sulfonamides is 1. The Hall–Kier alpha value is -1.16. The Morgan fingerprint density at radius 1 is 1.50 bits per heavy atom. The maximum Gasteiger partial charge on any atom is 0.246 e. The van der Waals surface area contributed by atoms with Crippen molar-refractivity contribution < 1.29 is 17.7 Å². The average molecular weight is 381 g/mol. The number of halogens is 1. The first-order chi connectivity index (χ1) is 10.7. The van der Waals surface area contributed by atoms with Crippen molar-refractivity contribution in [1.82, 2.24) is 14.8 Å². The van der Waals surface area contributed by atoms with Gasteiger partial charge in [-0.15, -0.1) is 12.4 Å². The molecule has 2 rings (SSSR count). The molecule has 8 nitrogen and oxygen atoms in total. The van der Waals surface area contributed by atoms with Crippen molar-refractivity contribution in [3.63, 3.8) is 0 Å². The van der Waals surface area contributed by atoms with Crippen LogP contribution in [0, 0.1) is 19.8 Å². The number of nitrogens with zero attached hydrogens (tertiary/aromatic N) is 2. The first-order valence-electron chi connectivity index (χ1n) is 7.63. The molecule has 1 aromatic rings. The zero-order valence-corrected chi connectivity index (χ0v) is 15.9. The van der Waals surface area contributed by atoms with E-state index in [0.29, 0.717) is 13.1 Å². The number of rotatable bonds is 5. The standard InChI is InChI=1S/C14H24N4O4S.ClH/c1-8-5-12(6-15)7-18(8)14(19)10(3)17-23(20,21)13-9(2)16-22-11(13)4;/h8,10,12,17H,5-7,15H2,1-4H3;1H. The van der Waals surface area contributed by atoms with Gasteiger partial charge >= 0.3 is 0 Å². The molecule has 1 aromatic heterocycles. The highest BCUT2D eigenvalue weighted by Crippen LogP contribution is 2.24. The summed E-state index contributed by atoms with van der Waals surface area (Å²) in [5.41, 5.74) is 5.94. The van der Waals surface area contributed by atoms with E-state index in [0.717, 1.165) is 6.42 Å². The predicted octanol–water partition coefficient (Wildman–Crippen LogP) is 0.576. The summed E-state index contributed by atoms with van der Waals surface area (Å²) in [6.45, 7) is 7.65. The maximum atomic E-state index is 12.6. The second kappa shape index (κ2) is 7.81. The van der Waals surface area contributed by atoms with E-state index in [1.165, 1.54) is 6.92 Å². The van der Waals surface area contributed by atoms with Crippen LogP contribution in [-0.2, 0) is 14.8 Å². The normalized spacial score (nSPS) is 22.3. The number of hydrogen-bond acceptors (Lipinski definition) is 6. The Balaban J connectivity index is 0.00000288. The third-order valence-electron chi connectivity index (χ3n) is 4.22. The molecule has 1 aliphatic rings. The van der Waals surface area contributed by atoms with Crippen molar-refractivity contribution in [3.05, 3.63) is 11.5 Å². The number of amides is 1. The van der Waals surface area contributed by atoms with Crippen molar-refractivity contribution in [2.45, 2.75) is 51.1 Å². The lowest BCUT2D eigenvalue weighted by molar-refractivity contribution is -0.133. The highest BCUT2D eigenvalue weighted by molar-refractivity contribution is 7.89. The molecule has 0 radical (unpaired) electrons. The molecule has 3 atom stereocenters. The minimum atomic E-state index is -3.87. The number of aryl methyl sites for hydroxylation is 2. The molecule has 0 spiro atoms. The Morgan fingerprint density at radius 2 is 2.12 bits per heavy atom. The van der Waals surface area contributed by atoms with Crippen molar-refractivity contribution in [3.8, 4) is 0 Å². The highest BCUT2D eigenvalue weighted by atomic mass is 35.5. The summed E-state index contributed by atoms with van der Waals surface area (Å²) in [6, 6.07) is -0.810. The van der Waals surface area contributed by atoms with E-state index >= 15 is 0 Å². The molecule has 2 heterocycles. The summed E-state index contributed by atoms with van der Waals surface area (Å²) >= 11 is 0. The van der Waals surface area contributed by atoms with Crippen LogP contribution in [0.4, 0.5) is 0 Å². The summed E-state index contributed by atoms with van der Waals surface area (Å²) in [6.07, 6.45) is 0.839. The Kier molecular flexibility index (Phi) is 6.80. The zero-order chi connectivity index (χ0) is 17.4. The van der Waals surface area contributed by atoms with Crippen molar-refractivity contribution >= 4 is 28.3 Å². The van der Waals surface area contributed by atoms with Crippen LogP contribution in [0.15, 0.2) is 9.42 Å². The fourth-order valence-corrected chi connectivity index (χ4v) is 4.60. The summed E-state index contributed by atoms with van der Waals surface area (Å²) in [5.74, 6) is 0.219. The largest absolute Gasteiger partial charge is 0.360 e. The van der Waals surface area contributed by atoms with Gasteiger partial charge in [0.2, 0.25) is 15.9 Å². The van der Waals surface area contributed by atoms with Crippen LogP contribution in [0.5, 0.6) is 0 Å². The molecule has 1 saturated heterocycles. The van der Waals surface area contributed by atoms with Gasteiger partial charge in [0.15, 0.2) is 5.76 Å². The molecule has 1 fully saturated rings. The molecule has 0 aliphatic carbocycles. The van der Waals surface area contributed by atoms with Gasteiger partial charge in [0.1, 0.15) is 10.6 Å². The van der Waals surface area contributed by atoms with E-state index in [9.17, 15) is 13.2 Å². The van der Waals surface area contributed by atoms with Crippen LogP contribution in [0.2, 0.25) is 0 Å². The fraction of sp³-hybridized carbons (Fsp3) is 0.714. The van der Waals surface area contributed by atoms with Crippen LogP contribution in [-0.4, -0.2) is 49.6 Å². The van der Waals surface area contributed by atoms with Gasteiger partial charge in [-0.2, -0.15) is 4.72 Å². The zero-order valence-electron chi connectivity index (χ0n) is 14.3. The second-order valence-corrected chi connectivity index (χ2v) is 7.82. The van der Waals surface area contributed by atoms with Crippen molar-refractivity contribution in [2.75, 3.05) is 13.1 Å². The quantitative estimate of drug-likeness (QED) is 0.771. The maximum absolute atomic E-state index is 12.6. The molecule has 24 heavy (non-hydrogen) atoms. The van der Waals surface area contributed by atoms with Gasteiger partial charge in [0, 0.05) is 12.6 Å². The van der Waals surface area contributed by atoms with E-state index in [-0.39, 0.29) is 46.6 Å². The topological polar surface area (TPSA) is 119 Å². The number of nitrogens with two attached hydrogens (primary N) is 1. The lowest BCUT2D eigenvalue weighted by Gasteiger charge is -2.25. The molecule has 0 bridgehead atoms. The molecule has 138 valence electrons. The van der Waals surface area contributed by atoms with Gasteiger partial charge in [0.25, 0.3) is 0 Å². The minimum absolute atomic E-state index is 0. The number of carbonyl (C=O) groups is 1. The molecule has 1 amide bonds. The number of carbonyl (C=O) groups excluding carboxylic acids is 1. The van der Waals surface area contributed by atoms with Crippen LogP contribution in [0.3, 0.4) is 0 Å². The first kappa shape index (κ1) is 20.9. The second-order valence-electron chi connectivity index (χ2n) is 6.17. The monoisotopic (exact) mass is 380 g/mol. The van der Waals surface area contributed by atoms with Crippen LogP contribution in [0.25, 0.3) is 0 Å². The van der Waals surface area contributed by atoms with E-state index in [1.807, 2.05) is 6.92 Å². The number of likely N-dealkylation sites (tertiary alicyclic amines) is 1. The molecule has 3 N–H and O–H groups in total. The van der Waals surface area contributed by atoms with Gasteiger partial charge in [-0.25, -0.2) is 8.42 Å². The lowest BCUT2D eigenvalue weighted by atomic mass is 10.1.